The van der Waals surface area contributed by atoms with Crippen molar-refractivity contribution in [3.05, 3.63) is 238 Å². The molecule has 0 saturated heterocycles. The average Bonchev–Trinajstić information content (AvgIpc) is 3.70. The molecule has 0 N–H and O–H groups in total. The lowest BCUT2D eigenvalue weighted by Crippen LogP contribution is -2.11. The van der Waals surface area contributed by atoms with Crippen LogP contribution < -0.4 is 0 Å². The van der Waals surface area contributed by atoms with Gasteiger partial charge in [-0.15, -0.1) is 0 Å². The Morgan fingerprint density at radius 2 is 0.393 bits per heavy atom. The summed E-state index contributed by atoms with van der Waals surface area (Å²) in [5.74, 6) is 5.15. The SMILES string of the molecule is Cc1ccc(-c2ccc(C3CCC(C)CC3)cc2F)cc1.Cc1ccc(-c2ccc(C3CCC(C)CC3)cc2F)cc1.Cc1ccc(-c2ccc(C3CCC(C)CC3)cc2F)cc1.Cc1ccc(-c2ccc(C3CCC(C)CC3)cc2F)cc1. The Morgan fingerprint density at radius 3 is 0.548 bits per heavy atom. The van der Waals surface area contributed by atoms with Gasteiger partial charge < -0.3 is 0 Å². The molecule has 4 aliphatic rings. The first-order chi connectivity index (χ1) is 40.5. The van der Waals surface area contributed by atoms with E-state index in [1.165, 1.54) is 147 Å². The average molecular weight is 1130 g/mol. The van der Waals surface area contributed by atoms with Gasteiger partial charge >= 0.3 is 0 Å². The van der Waals surface area contributed by atoms with Crippen LogP contribution in [0.5, 0.6) is 0 Å². The molecule has 4 heteroatoms. The first-order valence-electron chi connectivity index (χ1n) is 32.0. The highest BCUT2D eigenvalue weighted by Gasteiger charge is 2.25. The van der Waals surface area contributed by atoms with Crippen molar-refractivity contribution in [3.63, 3.8) is 0 Å². The van der Waals surface area contributed by atoms with Crippen LogP contribution in [-0.4, -0.2) is 0 Å². The van der Waals surface area contributed by atoms with Crippen LogP contribution in [0.15, 0.2) is 170 Å². The highest BCUT2D eigenvalue weighted by Crippen LogP contribution is 2.41. The quantitative estimate of drug-likeness (QED) is 0.133. The molecule has 0 aliphatic heterocycles. The van der Waals surface area contributed by atoms with Gasteiger partial charge in [-0.3, -0.25) is 0 Å². The maximum absolute atomic E-state index is 14.5. The van der Waals surface area contributed by atoms with Gasteiger partial charge in [0.25, 0.3) is 0 Å². The third-order valence-electron chi connectivity index (χ3n) is 19.4. The molecule has 440 valence electrons. The predicted molar refractivity (Wildman–Crippen MR) is 348 cm³/mol. The second-order valence-corrected chi connectivity index (χ2v) is 26.2. The minimum atomic E-state index is -0.0880. The van der Waals surface area contributed by atoms with Crippen LogP contribution in [0, 0.1) is 74.6 Å². The van der Waals surface area contributed by atoms with Gasteiger partial charge in [0.1, 0.15) is 23.3 Å². The zero-order valence-corrected chi connectivity index (χ0v) is 51.6. The lowest BCUT2D eigenvalue weighted by atomic mass is 9.79. The Balaban J connectivity index is 0.000000134. The van der Waals surface area contributed by atoms with Crippen molar-refractivity contribution < 1.29 is 17.6 Å². The molecule has 84 heavy (non-hydrogen) atoms. The molecule has 0 radical (unpaired) electrons. The van der Waals surface area contributed by atoms with E-state index in [9.17, 15) is 17.6 Å². The number of halogens is 4. The molecule has 0 aromatic heterocycles. The van der Waals surface area contributed by atoms with E-state index in [2.05, 4.69) is 52.0 Å². The molecule has 0 atom stereocenters. The highest BCUT2D eigenvalue weighted by molar-refractivity contribution is 5.68. The monoisotopic (exact) mass is 1130 g/mol. The second-order valence-electron chi connectivity index (χ2n) is 26.2. The van der Waals surface area contributed by atoms with E-state index in [1.807, 2.05) is 149 Å². The summed E-state index contributed by atoms with van der Waals surface area (Å²) in [6, 6.07) is 55.6. The fourth-order valence-corrected chi connectivity index (χ4v) is 13.4. The van der Waals surface area contributed by atoms with Crippen molar-refractivity contribution in [3.8, 4) is 44.5 Å². The minimum absolute atomic E-state index is 0.0880. The number of hydrogen-bond donors (Lipinski definition) is 0. The summed E-state index contributed by atoms with van der Waals surface area (Å²) in [6.45, 7) is 17.5. The summed E-state index contributed by atoms with van der Waals surface area (Å²) in [5, 5.41) is 0. The lowest BCUT2D eigenvalue weighted by Gasteiger charge is -2.26. The van der Waals surface area contributed by atoms with Crippen LogP contribution in [0.1, 0.15) is 199 Å². The van der Waals surface area contributed by atoms with Gasteiger partial charge in [0.2, 0.25) is 0 Å². The second kappa shape index (κ2) is 29.5. The van der Waals surface area contributed by atoms with Crippen LogP contribution in [0.4, 0.5) is 17.6 Å². The Morgan fingerprint density at radius 1 is 0.226 bits per heavy atom. The number of hydrogen-bond acceptors (Lipinski definition) is 0. The molecule has 4 aliphatic carbocycles. The first-order valence-corrected chi connectivity index (χ1v) is 32.0. The molecular formula is C80H92F4. The molecule has 0 unspecified atom stereocenters. The smallest absolute Gasteiger partial charge is 0.131 e. The van der Waals surface area contributed by atoms with Gasteiger partial charge in [-0.2, -0.15) is 0 Å². The zero-order valence-electron chi connectivity index (χ0n) is 51.6. The summed E-state index contributed by atoms with van der Waals surface area (Å²) in [7, 11) is 0. The molecule has 0 heterocycles. The number of aryl methyl sites for hydroxylation is 4. The van der Waals surface area contributed by atoms with Crippen molar-refractivity contribution in [2.24, 2.45) is 23.7 Å². The van der Waals surface area contributed by atoms with Crippen molar-refractivity contribution in [2.45, 2.75) is 182 Å². The van der Waals surface area contributed by atoms with E-state index in [-0.39, 0.29) is 23.3 Å². The van der Waals surface area contributed by atoms with E-state index >= 15 is 0 Å². The Bertz CT molecular complexity index is 2870. The van der Waals surface area contributed by atoms with Crippen LogP contribution in [-0.2, 0) is 0 Å². The molecule has 0 nitrogen and oxygen atoms in total. The maximum atomic E-state index is 14.5. The van der Waals surface area contributed by atoms with E-state index in [0.717, 1.165) is 45.9 Å². The largest absolute Gasteiger partial charge is 0.206 e. The third kappa shape index (κ3) is 16.9. The van der Waals surface area contributed by atoms with Gasteiger partial charge in [0.05, 0.1) is 0 Å². The van der Waals surface area contributed by atoms with Crippen molar-refractivity contribution >= 4 is 0 Å². The minimum Gasteiger partial charge on any atom is -0.206 e. The molecule has 0 amide bonds. The zero-order chi connectivity index (χ0) is 59.3. The van der Waals surface area contributed by atoms with Crippen LogP contribution in [0.25, 0.3) is 44.5 Å². The molecule has 4 fully saturated rings. The van der Waals surface area contributed by atoms with Gasteiger partial charge in [0, 0.05) is 22.3 Å². The maximum Gasteiger partial charge on any atom is 0.131 e. The Kier molecular flexibility index (Phi) is 21.8. The van der Waals surface area contributed by atoms with E-state index in [1.54, 1.807) is 24.3 Å². The van der Waals surface area contributed by atoms with Gasteiger partial charge in [-0.25, -0.2) is 17.6 Å². The van der Waals surface area contributed by atoms with Crippen LogP contribution in [0.2, 0.25) is 0 Å². The summed E-state index contributed by atoms with van der Waals surface area (Å²) in [4.78, 5) is 0. The van der Waals surface area contributed by atoms with Crippen molar-refractivity contribution in [1.82, 2.24) is 0 Å². The number of benzene rings is 8. The highest BCUT2D eigenvalue weighted by atomic mass is 19.1. The molecule has 8 aromatic carbocycles. The molecular weight excluding hydrogens is 1040 g/mol. The summed E-state index contributed by atoms with van der Waals surface area (Å²) >= 11 is 0. The van der Waals surface area contributed by atoms with Gasteiger partial charge in [-0.1, -0.05) is 247 Å². The molecule has 0 bridgehead atoms. The van der Waals surface area contributed by atoms with Gasteiger partial charge in [0.15, 0.2) is 0 Å². The van der Waals surface area contributed by atoms with E-state index in [0.29, 0.717) is 45.9 Å². The third-order valence-corrected chi connectivity index (χ3v) is 19.4. The summed E-state index contributed by atoms with van der Waals surface area (Å²) < 4.78 is 57.9. The summed E-state index contributed by atoms with van der Waals surface area (Å²) in [5.41, 5.74) is 16.2. The molecule has 8 aromatic rings. The van der Waals surface area contributed by atoms with Gasteiger partial charge in [-0.05, 0) is 195 Å². The fourth-order valence-electron chi connectivity index (χ4n) is 13.4. The molecule has 4 saturated carbocycles. The summed E-state index contributed by atoms with van der Waals surface area (Å²) in [6.07, 6.45) is 19.7. The molecule has 12 rings (SSSR count). The predicted octanol–water partition coefficient (Wildman–Crippen LogP) is 24.4. The van der Waals surface area contributed by atoms with Crippen molar-refractivity contribution in [2.75, 3.05) is 0 Å². The Hall–Kier alpha value is -6.52. The lowest BCUT2D eigenvalue weighted by molar-refractivity contribution is 0.347. The van der Waals surface area contributed by atoms with Crippen LogP contribution >= 0.6 is 0 Å². The first kappa shape index (κ1) is 62.0. The van der Waals surface area contributed by atoms with E-state index in [4.69, 9.17) is 0 Å². The topological polar surface area (TPSA) is 0 Å². The normalized spacial score (nSPS) is 22.2. The van der Waals surface area contributed by atoms with E-state index < -0.39 is 0 Å². The van der Waals surface area contributed by atoms with Crippen LogP contribution in [0.3, 0.4) is 0 Å². The number of rotatable bonds is 8. The molecule has 0 spiro atoms. The fraction of sp³-hybridized carbons (Fsp3) is 0.400. The van der Waals surface area contributed by atoms with Crippen molar-refractivity contribution in [1.29, 1.82) is 0 Å². The Labute approximate surface area is 502 Å². The standard InChI is InChI=1S/4C20H23F/c4*1-14-3-7-16(8-4-14)18-11-12-19(20(21)13-18)17-9-5-15(2)6-10-17/h4*5-6,9-14,16H,3-4,7-8H2,1-2H3.